The van der Waals surface area contributed by atoms with Crippen molar-refractivity contribution in [3.8, 4) is 21.7 Å². The first-order valence-corrected chi connectivity index (χ1v) is 6.74. The Bertz CT molecular complexity index is 768. The van der Waals surface area contributed by atoms with Crippen molar-refractivity contribution in [2.24, 2.45) is 0 Å². The topological polar surface area (TPSA) is 38.9 Å². The molecule has 0 amide bonds. The van der Waals surface area contributed by atoms with Gasteiger partial charge in [0.25, 0.3) is 0 Å². The molecule has 0 atom stereocenters. The summed E-state index contributed by atoms with van der Waals surface area (Å²) in [7, 11) is 0. The maximum Gasteiger partial charge on any atom is 0.181 e. The van der Waals surface area contributed by atoms with Crippen LogP contribution in [0.1, 0.15) is 0 Å². The van der Waals surface area contributed by atoms with Crippen LogP contribution in [0.25, 0.3) is 21.7 Å². The molecule has 1 heterocycles. The van der Waals surface area contributed by atoms with E-state index in [0.717, 1.165) is 0 Å². The van der Waals surface area contributed by atoms with E-state index in [2.05, 4.69) is 4.98 Å². The lowest BCUT2D eigenvalue weighted by Crippen LogP contribution is -1.87. The van der Waals surface area contributed by atoms with Crippen molar-refractivity contribution in [2.45, 2.75) is 0 Å². The molecule has 100 valence electrons. The van der Waals surface area contributed by atoms with Crippen LogP contribution in [0, 0.1) is 11.6 Å². The minimum absolute atomic E-state index is 0.322. The van der Waals surface area contributed by atoms with Crippen LogP contribution in [0.4, 0.5) is 13.9 Å². The molecule has 0 fully saturated rings. The molecule has 0 saturated heterocycles. The number of benzene rings is 2. The molecule has 0 unspecified atom stereocenters. The van der Waals surface area contributed by atoms with Crippen LogP contribution in [-0.2, 0) is 0 Å². The predicted octanol–water partition coefficient (Wildman–Crippen LogP) is 4.34. The number of anilines is 1. The SMILES string of the molecule is Nc1nc(-c2cccc(F)c2)c(-c2ccccc2F)s1. The van der Waals surface area contributed by atoms with Crippen molar-refractivity contribution in [3.63, 3.8) is 0 Å². The molecule has 0 radical (unpaired) electrons. The monoisotopic (exact) mass is 288 g/mol. The third kappa shape index (κ3) is 2.28. The van der Waals surface area contributed by atoms with Gasteiger partial charge in [0.15, 0.2) is 5.13 Å². The highest BCUT2D eigenvalue weighted by Gasteiger charge is 2.16. The van der Waals surface area contributed by atoms with Crippen LogP contribution in [-0.4, -0.2) is 4.98 Å². The first kappa shape index (κ1) is 12.7. The molecular weight excluding hydrogens is 278 g/mol. The molecular formula is C15H10F2N2S. The second-order valence-electron chi connectivity index (χ2n) is 4.22. The van der Waals surface area contributed by atoms with Crippen molar-refractivity contribution in [2.75, 3.05) is 5.73 Å². The van der Waals surface area contributed by atoms with Crippen LogP contribution >= 0.6 is 11.3 Å². The fourth-order valence-electron chi connectivity index (χ4n) is 2.00. The molecule has 0 aliphatic heterocycles. The standard InChI is InChI=1S/C15H10F2N2S/c16-10-5-3-4-9(8-10)13-14(20-15(18)19-13)11-6-1-2-7-12(11)17/h1-8H,(H2,18,19). The van der Waals surface area contributed by atoms with Crippen molar-refractivity contribution in [1.82, 2.24) is 4.98 Å². The smallest absolute Gasteiger partial charge is 0.181 e. The van der Waals surface area contributed by atoms with Crippen LogP contribution in [0.3, 0.4) is 0 Å². The Hall–Kier alpha value is -2.27. The number of aromatic nitrogens is 1. The third-order valence-electron chi connectivity index (χ3n) is 2.86. The zero-order chi connectivity index (χ0) is 14.1. The van der Waals surface area contributed by atoms with Crippen molar-refractivity contribution >= 4 is 16.5 Å². The number of halogens is 2. The van der Waals surface area contributed by atoms with Crippen LogP contribution in [0.2, 0.25) is 0 Å². The van der Waals surface area contributed by atoms with Gasteiger partial charge in [-0.15, -0.1) is 0 Å². The maximum atomic E-state index is 13.9. The lowest BCUT2D eigenvalue weighted by atomic mass is 10.1. The number of nitrogens with two attached hydrogens (primary N) is 1. The quantitative estimate of drug-likeness (QED) is 0.762. The van der Waals surface area contributed by atoms with Gasteiger partial charge >= 0.3 is 0 Å². The summed E-state index contributed by atoms with van der Waals surface area (Å²) in [5.74, 6) is -0.720. The molecule has 20 heavy (non-hydrogen) atoms. The van der Waals surface area contributed by atoms with Crippen LogP contribution < -0.4 is 5.73 Å². The highest BCUT2D eigenvalue weighted by atomic mass is 32.1. The van der Waals surface area contributed by atoms with E-state index in [0.29, 0.717) is 26.8 Å². The summed E-state index contributed by atoms with van der Waals surface area (Å²) < 4.78 is 27.3. The lowest BCUT2D eigenvalue weighted by Gasteiger charge is -2.04. The van der Waals surface area contributed by atoms with E-state index in [1.54, 1.807) is 30.3 Å². The van der Waals surface area contributed by atoms with Gasteiger partial charge in [-0.25, -0.2) is 13.8 Å². The van der Waals surface area contributed by atoms with Gasteiger partial charge in [-0.2, -0.15) is 0 Å². The molecule has 0 spiro atoms. The number of thiazole rings is 1. The molecule has 0 aliphatic carbocycles. The number of nitrogens with zero attached hydrogens (tertiary/aromatic N) is 1. The Morgan fingerprint density at radius 1 is 1.00 bits per heavy atom. The number of nitrogen functional groups attached to an aromatic ring is 1. The maximum absolute atomic E-state index is 13.9. The van der Waals surface area contributed by atoms with Gasteiger partial charge in [-0.05, 0) is 18.2 Å². The van der Waals surface area contributed by atoms with Gasteiger partial charge in [0.05, 0.1) is 10.6 Å². The molecule has 1 aromatic heterocycles. The van der Waals surface area contributed by atoms with E-state index >= 15 is 0 Å². The van der Waals surface area contributed by atoms with Gasteiger partial charge in [0.1, 0.15) is 11.6 Å². The first-order chi connectivity index (χ1) is 9.65. The second kappa shape index (κ2) is 5.02. The summed E-state index contributed by atoms with van der Waals surface area (Å²) in [6.07, 6.45) is 0. The van der Waals surface area contributed by atoms with E-state index < -0.39 is 0 Å². The van der Waals surface area contributed by atoms with Gasteiger partial charge in [-0.1, -0.05) is 41.7 Å². The minimum Gasteiger partial charge on any atom is -0.375 e. The zero-order valence-electron chi connectivity index (χ0n) is 10.3. The van der Waals surface area contributed by atoms with Gasteiger partial charge < -0.3 is 5.73 Å². The second-order valence-corrected chi connectivity index (χ2v) is 5.25. The molecule has 0 saturated carbocycles. The Morgan fingerprint density at radius 2 is 1.80 bits per heavy atom. The predicted molar refractivity (Wildman–Crippen MR) is 77.3 cm³/mol. The Balaban J connectivity index is 2.21. The Labute approximate surface area is 118 Å². The highest BCUT2D eigenvalue weighted by Crippen LogP contribution is 2.39. The first-order valence-electron chi connectivity index (χ1n) is 5.92. The summed E-state index contributed by atoms with van der Waals surface area (Å²) in [4.78, 5) is 4.81. The van der Waals surface area contributed by atoms with Gasteiger partial charge in [0, 0.05) is 11.1 Å². The Kier molecular flexibility index (Phi) is 3.20. The molecule has 0 aliphatic rings. The average Bonchev–Trinajstić information content (AvgIpc) is 2.81. The van der Waals surface area contributed by atoms with E-state index in [9.17, 15) is 8.78 Å². The molecule has 0 bridgehead atoms. The summed E-state index contributed by atoms with van der Waals surface area (Å²) in [5.41, 5.74) is 7.23. The van der Waals surface area contributed by atoms with E-state index in [-0.39, 0.29) is 11.6 Å². The molecule has 3 rings (SSSR count). The summed E-state index contributed by atoms with van der Waals surface area (Å²) in [5, 5.41) is 0.322. The molecule has 2 aromatic carbocycles. The molecule has 5 heteroatoms. The van der Waals surface area contributed by atoms with Crippen LogP contribution in [0.15, 0.2) is 48.5 Å². The van der Waals surface area contributed by atoms with Gasteiger partial charge in [0.2, 0.25) is 0 Å². The molecule has 3 aromatic rings. The molecule has 2 nitrogen and oxygen atoms in total. The highest BCUT2D eigenvalue weighted by molar-refractivity contribution is 7.19. The minimum atomic E-state index is -0.367. The number of hydrogen-bond donors (Lipinski definition) is 1. The largest absolute Gasteiger partial charge is 0.375 e. The van der Waals surface area contributed by atoms with E-state index in [1.807, 2.05) is 0 Å². The summed E-state index contributed by atoms with van der Waals surface area (Å²) in [6, 6.07) is 12.4. The summed E-state index contributed by atoms with van der Waals surface area (Å²) >= 11 is 1.19. The van der Waals surface area contributed by atoms with E-state index in [1.165, 1.54) is 29.5 Å². The number of hydrogen-bond acceptors (Lipinski definition) is 3. The zero-order valence-corrected chi connectivity index (χ0v) is 11.1. The van der Waals surface area contributed by atoms with Crippen LogP contribution in [0.5, 0.6) is 0 Å². The normalized spacial score (nSPS) is 10.7. The number of rotatable bonds is 2. The fraction of sp³-hybridized carbons (Fsp3) is 0. The lowest BCUT2D eigenvalue weighted by molar-refractivity contribution is 0.628. The van der Waals surface area contributed by atoms with E-state index in [4.69, 9.17) is 5.73 Å². The van der Waals surface area contributed by atoms with Crippen molar-refractivity contribution in [3.05, 3.63) is 60.2 Å². The van der Waals surface area contributed by atoms with Crippen molar-refractivity contribution < 1.29 is 8.78 Å². The average molecular weight is 288 g/mol. The summed E-state index contributed by atoms with van der Waals surface area (Å²) in [6.45, 7) is 0. The Morgan fingerprint density at radius 3 is 2.55 bits per heavy atom. The third-order valence-corrected chi connectivity index (χ3v) is 3.78. The fourth-order valence-corrected chi connectivity index (χ4v) is 2.88. The van der Waals surface area contributed by atoms with Crippen molar-refractivity contribution in [1.29, 1.82) is 0 Å². The molecule has 2 N–H and O–H groups in total. The van der Waals surface area contributed by atoms with Gasteiger partial charge in [-0.3, -0.25) is 0 Å².